The maximum absolute atomic E-state index is 13.1. The number of aryl methyl sites for hydroxylation is 7. The highest BCUT2D eigenvalue weighted by atomic mass is 19.3. The Hall–Kier alpha value is -11.3. The number of fused-ring (bicyclic) bond motifs is 7. The SMILES string of the molecule is CCC(C)Nc1nccc2n[nH]c(C)c12.Cc1[nH]nc2ccnc(NC3CCC(F)(F)CC3)c12.Cc1[nH]nc2ccnc(NC3CCC(O)CC3)c12.Cc1[nH]nc2ccnc(NC3CCC3)c12.Cc1[nH]nc2ccnc(NC3CCCC3)c12.Cc1[nH]nc2ccnc(NCC(C)C)c12.Cc1[nH]nc2ccnc(NCCC3CCCN3C)c12. The number of aliphatic hydroxyl groups excluding tert-OH is 1. The zero-order valence-electron chi connectivity index (χ0n) is 69.7. The van der Waals surface area contributed by atoms with Gasteiger partial charge in [-0.25, -0.2) is 43.7 Å². The molecule has 117 heavy (non-hydrogen) atoms. The third-order valence-electron chi connectivity index (χ3n) is 22.9. The summed E-state index contributed by atoms with van der Waals surface area (Å²) in [6.07, 6.45) is 30.9. The van der Waals surface area contributed by atoms with Gasteiger partial charge in [0.1, 0.15) is 40.7 Å². The second kappa shape index (κ2) is 39.1. The van der Waals surface area contributed by atoms with Crippen molar-refractivity contribution >= 4 is 117 Å². The van der Waals surface area contributed by atoms with Gasteiger partial charge in [0.15, 0.2) is 0 Å². The molecule has 19 rings (SSSR count). The first kappa shape index (κ1) is 83.7. The number of aromatic amines is 7. The molecule has 1 saturated heterocycles. The van der Waals surface area contributed by atoms with E-state index < -0.39 is 5.92 Å². The van der Waals surface area contributed by atoms with Crippen molar-refractivity contribution in [3.63, 3.8) is 0 Å². The van der Waals surface area contributed by atoms with Crippen LogP contribution in [0.1, 0.15) is 190 Å². The predicted octanol–water partition coefficient (Wildman–Crippen LogP) is 17.1. The minimum atomic E-state index is -2.50. The van der Waals surface area contributed by atoms with Crippen LogP contribution in [0.15, 0.2) is 85.8 Å². The third kappa shape index (κ3) is 21.3. The highest BCUT2D eigenvalue weighted by Gasteiger charge is 2.35. The lowest BCUT2D eigenvalue weighted by molar-refractivity contribution is -0.0361. The van der Waals surface area contributed by atoms with Gasteiger partial charge in [0.05, 0.1) is 82.4 Å². The van der Waals surface area contributed by atoms with Crippen molar-refractivity contribution in [3.05, 3.63) is 126 Å². The molecule has 0 spiro atoms. The summed E-state index contributed by atoms with van der Waals surface area (Å²) in [6, 6.07) is 16.2. The van der Waals surface area contributed by atoms with Crippen molar-refractivity contribution in [2.75, 3.05) is 63.9 Å². The van der Waals surface area contributed by atoms with Gasteiger partial charge in [-0.1, -0.05) is 33.6 Å². The molecule has 14 aromatic rings. The average molecular weight is 1600 g/mol. The Kier molecular flexibility index (Phi) is 28.0. The van der Waals surface area contributed by atoms with Gasteiger partial charge >= 0.3 is 0 Å². The monoisotopic (exact) mass is 1600 g/mol. The van der Waals surface area contributed by atoms with E-state index >= 15 is 0 Å². The summed E-state index contributed by atoms with van der Waals surface area (Å²) in [5.74, 6) is 4.50. The number of halogens is 2. The Morgan fingerprint density at radius 3 is 1.03 bits per heavy atom. The molecule has 30 nitrogen and oxygen atoms in total. The summed E-state index contributed by atoms with van der Waals surface area (Å²) in [5.41, 5.74) is 14.0. The van der Waals surface area contributed by atoms with Crippen molar-refractivity contribution in [2.45, 2.75) is 246 Å². The van der Waals surface area contributed by atoms with Crippen molar-refractivity contribution in [2.24, 2.45) is 5.92 Å². The Balaban J connectivity index is 0.000000119. The number of anilines is 7. The lowest BCUT2D eigenvalue weighted by Gasteiger charge is -2.29. The molecule has 5 fully saturated rings. The summed E-state index contributed by atoms with van der Waals surface area (Å²) in [7, 11) is 2.22. The molecule has 2 atom stereocenters. The molecule has 32 heteroatoms. The van der Waals surface area contributed by atoms with E-state index in [2.05, 4.69) is 183 Å². The molecular formula is C85H117F2N29O. The first-order valence-corrected chi connectivity index (χ1v) is 41.8. The lowest BCUT2D eigenvalue weighted by Crippen LogP contribution is -2.32. The van der Waals surface area contributed by atoms with E-state index in [0.717, 1.165) is 208 Å². The van der Waals surface area contributed by atoms with Crippen LogP contribution >= 0.6 is 0 Å². The first-order valence-electron chi connectivity index (χ1n) is 41.8. The number of nitrogens with zero attached hydrogens (tertiary/aromatic N) is 15. The zero-order valence-corrected chi connectivity index (χ0v) is 69.7. The quantitative estimate of drug-likeness (QED) is 0.0379. The standard InChI is InChI=1S/C14H21N5.C13H16F2N4.C13H18N4O.C12H16N4.C11H14N4.2C11H16N4/c1-10-13-12(18-17-10)6-8-16-14(13)15-7-5-11-4-3-9-19(11)2;1-8-11-10(19-18-8)4-7-16-12(11)17-9-2-5-13(14,15)6-3-9;1-8-12-11(17-16-8)6-7-14-13(12)15-9-2-4-10(18)5-3-9;1-8-11-10(16-15-8)6-7-13-12(11)14-9-4-2-3-5-9;1-7-10-9(15-14-7)5-6-12-11(10)13-8-3-2-4-8;1-7(2)6-13-11-10-8(3)14-15-9(10)4-5-12-11;1-4-7(2)13-11-10-8(3)14-15-9(10)5-6-12-11/h6,8,11H,3-5,7,9H2,1-2H3,(H,15,16)(H,17,18);4,7,9H,2-3,5-6H2,1H3,(H,16,17)(H,18,19);6-7,9-10,18H,2-5H2,1H3,(H,14,15)(H,16,17);6-7,9H,2-5H2,1H3,(H,13,14)(H,15,16);5-6,8H,2-4H2,1H3,(H,12,13)(H,14,15);4-5,7H,6H2,1-3H3,(H,12,13)(H,14,15);5-7H,4H2,1-3H3,(H,12,13)(H,14,15). The molecule has 0 aromatic carbocycles. The van der Waals surface area contributed by atoms with Crippen LogP contribution in [0.5, 0.6) is 0 Å². The molecule has 622 valence electrons. The number of H-pyrrole nitrogens is 7. The normalized spacial score (nSPS) is 17.8. The Morgan fingerprint density at radius 2 is 0.709 bits per heavy atom. The van der Waals surface area contributed by atoms with Crippen LogP contribution in [0.3, 0.4) is 0 Å². The van der Waals surface area contributed by atoms with Gasteiger partial charge in [-0.3, -0.25) is 35.7 Å². The first-order chi connectivity index (χ1) is 56.6. The molecule has 2 unspecified atom stereocenters. The van der Waals surface area contributed by atoms with Crippen LogP contribution in [-0.2, 0) is 0 Å². The molecule has 4 saturated carbocycles. The van der Waals surface area contributed by atoms with Crippen LogP contribution < -0.4 is 37.2 Å². The van der Waals surface area contributed by atoms with E-state index in [4.69, 9.17) is 0 Å². The predicted molar refractivity (Wildman–Crippen MR) is 466 cm³/mol. The summed E-state index contributed by atoms with van der Waals surface area (Å²) in [4.78, 5) is 33.1. The Labute approximate surface area is 680 Å². The summed E-state index contributed by atoms with van der Waals surface area (Å²) < 4.78 is 26.3. The van der Waals surface area contributed by atoms with E-state index in [0.29, 0.717) is 42.9 Å². The number of hydrogen-bond acceptors (Lipinski definition) is 23. The van der Waals surface area contributed by atoms with E-state index in [1.54, 1.807) is 24.8 Å². The fourth-order valence-corrected chi connectivity index (χ4v) is 15.8. The zero-order chi connectivity index (χ0) is 82.1. The van der Waals surface area contributed by atoms with Crippen LogP contribution in [0.2, 0.25) is 0 Å². The number of rotatable bonds is 18. The van der Waals surface area contributed by atoms with Crippen LogP contribution in [0.25, 0.3) is 76.3 Å². The van der Waals surface area contributed by atoms with Crippen LogP contribution in [0, 0.1) is 54.4 Å². The second-order valence-corrected chi connectivity index (χ2v) is 32.4. The molecule has 5 aliphatic rings. The van der Waals surface area contributed by atoms with Crippen molar-refractivity contribution < 1.29 is 13.9 Å². The van der Waals surface area contributed by atoms with Crippen molar-refractivity contribution in [3.8, 4) is 0 Å². The van der Waals surface area contributed by atoms with Crippen molar-refractivity contribution in [1.82, 2.24) is 111 Å². The van der Waals surface area contributed by atoms with Gasteiger partial charge < -0.3 is 47.2 Å². The van der Waals surface area contributed by atoms with Gasteiger partial charge in [0.2, 0.25) is 5.92 Å². The number of nitrogens with one attached hydrogen (secondary N) is 14. The average Bonchev–Trinajstić information content (AvgIpc) is 1.68. The number of alkyl halides is 2. The lowest BCUT2D eigenvalue weighted by atomic mass is 9.92. The van der Waals surface area contributed by atoms with Crippen LogP contribution in [0.4, 0.5) is 49.5 Å². The highest BCUT2D eigenvalue weighted by molar-refractivity contribution is 5.96. The molecule has 0 bridgehead atoms. The Bertz CT molecular complexity index is 5390. The van der Waals surface area contributed by atoms with Gasteiger partial charge in [-0.05, 0) is 214 Å². The molecular weight excluding hydrogens is 1480 g/mol. The topological polar surface area (TPSA) is 399 Å². The van der Waals surface area contributed by atoms with E-state index in [1.807, 2.05) is 110 Å². The summed E-state index contributed by atoms with van der Waals surface area (Å²) >= 11 is 0. The molecule has 4 aliphatic carbocycles. The van der Waals surface area contributed by atoms with Gasteiger partial charge in [0.25, 0.3) is 0 Å². The maximum atomic E-state index is 13.1. The largest absolute Gasteiger partial charge is 0.393 e. The molecule has 15 heterocycles. The van der Waals surface area contributed by atoms with E-state index in [-0.39, 0.29) is 25.0 Å². The fraction of sp³-hybridized carbons (Fsp3) is 0.506. The van der Waals surface area contributed by atoms with Crippen molar-refractivity contribution in [1.29, 1.82) is 0 Å². The van der Waals surface area contributed by atoms with Gasteiger partial charge in [0, 0.05) is 145 Å². The van der Waals surface area contributed by atoms with Gasteiger partial charge in [-0.2, -0.15) is 35.7 Å². The summed E-state index contributed by atoms with van der Waals surface area (Å²) in [6.45, 7) is 25.8. The van der Waals surface area contributed by atoms with Gasteiger partial charge in [-0.15, -0.1) is 0 Å². The number of likely N-dealkylation sites (tertiary alicyclic amines) is 1. The number of aliphatic hydroxyl groups is 1. The second-order valence-electron chi connectivity index (χ2n) is 32.4. The van der Waals surface area contributed by atoms with E-state index in [1.165, 1.54) is 70.8 Å². The highest BCUT2D eigenvalue weighted by Crippen LogP contribution is 2.37. The third-order valence-corrected chi connectivity index (χ3v) is 22.9. The van der Waals surface area contributed by atoms with Crippen LogP contribution in [-0.4, -0.2) is 191 Å². The number of pyridine rings is 7. The molecule has 0 radical (unpaired) electrons. The summed E-state index contributed by atoms with van der Waals surface area (Å²) in [5, 5.41) is 91.5. The number of hydrogen-bond donors (Lipinski definition) is 15. The smallest absolute Gasteiger partial charge is 0.248 e. The fourth-order valence-electron chi connectivity index (χ4n) is 15.8. The number of aromatic nitrogens is 21. The van der Waals surface area contributed by atoms with E-state index in [9.17, 15) is 13.9 Å². The minimum absolute atomic E-state index is 0.0506. The molecule has 1 aliphatic heterocycles. The minimum Gasteiger partial charge on any atom is -0.393 e. The maximum Gasteiger partial charge on any atom is 0.248 e. The molecule has 0 amide bonds. The molecule has 15 N–H and O–H groups in total. The Morgan fingerprint density at radius 1 is 0.402 bits per heavy atom. The molecule has 14 aromatic heterocycles.